The van der Waals surface area contributed by atoms with Crippen LogP contribution in [-0.4, -0.2) is 48.8 Å². The third-order valence-electron chi connectivity index (χ3n) is 3.89. The number of nitrogens with one attached hydrogen (secondary N) is 2. The van der Waals surface area contributed by atoms with Crippen LogP contribution in [0.4, 0.5) is 0 Å². The lowest BCUT2D eigenvalue weighted by Gasteiger charge is -2.18. The highest BCUT2D eigenvalue weighted by molar-refractivity contribution is 5.83. The van der Waals surface area contributed by atoms with E-state index in [0.29, 0.717) is 26.0 Å². The smallest absolute Gasteiger partial charge is 0.311 e. The van der Waals surface area contributed by atoms with Crippen LogP contribution in [0, 0.1) is 5.92 Å². The Hall–Kier alpha value is -1.92. The van der Waals surface area contributed by atoms with Crippen molar-refractivity contribution < 1.29 is 19.4 Å². The van der Waals surface area contributed by atoms with Crippen molar-refractivity contribution in [1.29, 1.82) is 0 Å². The summed E-state index contributed by atoms with van der Waals surface area (Å²) in [5, 5.41) is 15.2. The van der Waals surface area contributed by atoms with Gasteiger partial charge in [0, 0.05) is 13.1 Å². The minimum Gasteiger partial charge on any atom is -0.466 e. The fraction of sp³-hybridized carbons (Fsp3) is 0.529. The Balaban J connectivity index is 1.91. The molecular formula is C17H24N2O4. The highest BCUT2D eigenvalue weighted by Gasteiger charge is 2.29. The molecule has 6 heteroatoms. The van der Waals surface area contributed by atoms with Crippen molar-refractivity contribution >= 4 is 11.9 Å². The van der Waals surface area contributed by atoms with Crippen LogP contribution in [0.25, 0.3) is 0 Å². The first-order chi connectivity index (χ1) is 11.1. The molecule has 1 aromatic rings. The molecule has 0 aliphatic carbocycles. The van der Waals surface area contributed by atoms with Crippen LogP contribution >= 0.6 is 0 Å². The molecule has 1 saturated heterocycles. The Morgan fingerprint density at radius 3 is 2.74 bits per heavy atom. The van der Waals surface area contributed by atoms with Gasteiger partial charge in [0.1, 0.15) is 0 Å². The molecule has 6 nitrogen and oxygen atoms in total. The molecule has 1 fully saturated rings. The van der Waals surface area contributed by atoms with E-state index in [4.69, 9.17) is 4.74 Å². The van der Waals surface area contributed by atoms with Crippen molar-refractivity contribution in [3.8, 4) is 0 Å². The van der Waals surface area contributed by atoms with Crippen molar-refractivity contribution in [1.82, 2.24) is 10.6 Å². The zero-order chi connectivity index (χ0) is 16.7. The number of aliphatic hydroxyl groups is 1. The molecule has 0 saturated carbocycles. The lowest BCUT2D eigenvalue weighted by atomic mass is 9.99. The molecule has 3 atom stereocenters. The van der Waals surface area contributed by atoms with Gasteiger partial charge in [-0.05, 0) is 25.3 Å². The van der Waals surface area contributed by atoms with E-state index in [1.54, 1.807) is 6.92 Å². The Morgan fingerprint density at radius 1 is 1.39 bits per heavy atom. The number of β-amino-alcohol motifs (C(OH)–C–C–N with tert-alkyl or cyclic N) is 1. The summed E-state index contributed by atoms with van der Waals surface area (Å²) >= 11 is 0. The predicted octanol–water partition coefficient (Wildman–Crippen LogP) is 0.247. The van der Waals surface area contributed by atoms with Crippen LogP contribution in [0.1, 0.15) is 18.9 Å². The van der Waals surface area contributed by atoms with E-state index >= 15 is 0 Å². The molecule has 0 spiro atoms. The van der Waals surface area contributed by atoms with Crippen LogP contribution in [-0.2, 0) is 20.7 Å². The summed E-state index contributed by atoms with van der Waals surface area (Å²) in [4.78, 5) is 24.2. The quantitative estimate of drug-likeness (QED) is 0.627. The molecule has 23 heavy (non-hydrogen) atoms. The van der Waals surface area contributed by atoms with E-state index in [1.165, 1.54) is 0 Å². The minimum atomic E-state index is -0.490. The molecule has 0 aromatic heterocycles. The number of hydrogen-bond acceptors (Lipinski definition) is 5. The average molecular weight is 320 g/mol. The SMILES string of the molecule is CCOC(=O)C(CNC(=O)C1CC(O)CN1)Cc1ccccc1. The Labute approximate surface area is 136 Å². The van der Waals surface area contributed by atoms with Gasteiger partial charge >= 0.3 is 5.97 Å². The van der Waals surface area contributed by atoms with E-state index in [-0.39, 0.29) is 18.4 Å². The van der Waals surface area contributed by atoms with Crippen LogP contribution < -0.4 is 10.6 Å². The third-order valence-corrected chi connectivity index (χ3v) is 3.89. The lowest BCUT2D eigenvalue weighted by molar-refractivity contribution is -0.147. The van der Waals surface area contributed by atoms with Gasteiger partial charge < -0.3 is 20.5 Å². The Kier molecular flexibility index (Phi) is 6.55. The number of amides is 1. The lowest BCUT2D eigenvalue weighted by Crippen LogP contribution is -2.43. The van der Waals surface area contributed by atoms with E-state index in [9.17, 15) is 14.7 Å². The highest BCUT2D eigenvalue weighted by atomic mass is 16.5. The van der Waals surface area contributed by atoms with Gasteiger partial charge in [-0.15, -0.1) is 0 Å². The molecule has 1 amide bonds. The van der Waals surface area contributed by atoms with Gasteiger partial charge in [-0.1, -0.05) is 30.3 Å². The van der Waals surface area contributed by atoms with Crippen molar-refractivity contribution in [2.24, 2.45) is 5.92 Å². The molecule has 3 N–H and O–H groups in total. The maximum Gasteiger partial charge on any atom is 0.311 e. The van der Waals surface area contributed by atoms with Crippen LogP contribution in [0.2, 0.25) is 0 Å². The zero-order valence-corrected chi connectivity index (χ0v) is 13.3. The molecule has 2 rings (SSSR count). The van der Waals surface area contributed by atoms with Crippen LogP contribution in [0.3, 0.4) is 0 Å². The number of hydrogen-bond donors (Lipinski definition) is 3. The maximum atomic E-state index is 12.1. The van der Waals surface area contributed by atoms with Crippen molar-refractivity contribution in [2.45, 2.75) is 31.9 Å². The van der Waals surface area contributed by atoms with E-state index in [0.717, 1.165) is 5.56 Å². The van der Waals surface area contributed by atoms with Gasteiger partial charge in [-0.2, -0.15) is 0 Å². The van der Waals surface area contributed by atoms with Crippen LogP contribution in [0.5, 0.6) is 0 Å². The first kappa shape index (κ1) is 17.4. The van der Waals surface area contributed by atoms with Gasteiger partial charge in [0.15, 0.2) is 0 Å². The summed E-state index contributed by atoms with van der Waals surface area (Å²) in [5.41, 5.74) is 1.02. The largest absolute Gasteiger partial charge is 0.466 e. The molecular weight excluding hydrogens is 296 g/mol. The first-order valence-electron chi connectivity index (χ1n) is 7.99. The van der Waals surface area contributed by atoms with Crippen molar-refractivity contribution in [3.63, 3.8) is 0 Å². The van der Waals surface area contributed by atoms with Crippen molar-refractivity contribution in [2.75, 3.05) is 19.7 Å². The summed E-state index contributed by atoms with van der Waals surface area (Å²) in [6.07, 6.45) is 0.422. The number of benzene rings is 1. The van der Waals surface area contributed by atoms with Crippen LogP contribution in [0.15, 0.2) is 30.3 Å². The number of carbonyl (C=O) groups is 2. The summed E-state index contributed by atoms with van der Waals surface area (Å²) < 4.78 is 5.11. The summed E-state index contributed by atoms with van der Waals surface area (Å²) in [7, 11) is 0. The topological polar surface area (TPSA) is 87.7 Å². The Morgan fingerprint density at radius 2 is 2.13 bits per heavy atom. The molecule has 0 bridgehead atoms. The second-order valence-corrected chi connectivity index (χ2v) is 5.73. The van der Waals surface area contributed by atoms with Gasteiger partial charge in [0.25, 0.3) is 0 Å². The highest BCUT2D eigenvalue weighted by Crippen LogP contribution is 2.11. The van der Waals surface area contributed by atoms with E-state index in [1.807, 2.05) is 30.3 Å². The van der Waals surface area contributed by atoms with Gasteiger partial charge in [0.2, 0.25) is 5.91 Å². The molecule has 0 radical (unpaired) electrons. The Bertz CT molecular complexity index is 521. The first-order valence-corrected chi connectivity index (χ1v) is 7.99. The van der Waals surface area contributed by atoms with E-state index in [2.05, 4.69) is 10.6 Å². The standard InChI is InChI=1S/C17H24N2O4/c1-2-23-17(22)13(8-12-6-4-3-5-7-12)10-19-16(21)15-9-14(20)11-18-15/h3-7,13-15,18,20H,2,8-11H2,1H3,(H,19,21). The number of carbonyl (C=O) groups excluding carboxylic acids is 2. The molecule has 1 aromatic carbocycles. The fourth-order valence-corrected chi connectivity index (χ4v) is 2.66. The predicted molar refractivity (Wildman–Crippen MR) is 85.7 cm³/mol. The second kappa shape index (κ2) is 8.64. The normalized spacial score (nSPS) is 21.7. The summed E-state index contributed by atoms with van der Waals surface area (Å²) in [6.45, 7) is 2.72. The number of esters is 1. The van der Waals surface area contributed by atoms with Gasteiger partial charge in [-0.3, -0.25) is 9.59 Å². The minimum absolute atomic E-state index is 0.191. The van der Waals surface area contributed by atoms with E-state index < -0.39 is 18.1 Å². The number of aliphatic hydroxyl groups excluding tert-OH is 1. The number of ether oxygens (including phenoxy) is 1. The summed E-state index contributed by atoms with van der Waals surface area (Å²) in [6, 6.07) is 9.25. The fourth-order valence-electron chi connectivity index (χ4n) is 2.66. The van der Waals surface area contributed by atoms with Gasteiger partial charge in [-0.25, -0.2) is 0 Å². The second-order valence-electron chi connectivity index (χ2n) is 5.73. The third kappa shape index (κ3) is 5.33. The summed E-state index contributed by atoms with van der Waals surface area (Å²) in [5.74, 6) is -0.924. The zero-order valence-electron chi connectivity index (χ0n) is 13.3. The monoisotopic (exact) mass is 320 g/mol. The molecule has 1 aliphatic rings. The van der Waals surface area contributed by atoms with Gasteiger partial charge in [0.05, 0.1) is 24.7 Å². The molecule has 1 aliphatic heterocycles. The van der Waals surface area contributed by atoms with Crippen molar-refractivity contribution in [3.05, 3.63) is 35.9 Å². The average Bonchev–Trinajstić information content (AvgIpc) is 2.99. The maximum absolute atomic E-state index is 12.1. The molecule has 3 unspecified atom stereocenters. The number of rotatable bonds is 7. The molecule has 1 heterocycles. The molecule has 126 valence electrons.